The molecule has 0 aromatic heterocycles. The summed E-state index contributed by atoms with van der Waals surface area (Å²) in [5.41, 5.74) is 0. The van der Waals surface area contributed by atoms with E-state index in [2.05, 4.69) is 0 Å². The van der Waals surface area contributed by atoms with Crippen molar-refractivity contribution in [2.24, 2.45) is 0 Å². The van der Waals surface area contributed by atoms with Gasteiger partial charge in [0.05, 0.1) is 19.9 Å². The molecule has 0 aromatic rings. The van der Waals surface area contributed by atoms with Gasteiger partial charge in [-0.2, -0.15) is 0 Å². The average Bonchev–Trinajstić information content (AvgIpc) is 2.15. The Hall–Kier alpha value is -0.150. The van der Waals surface area contributed by atoms with Gasteiger partial charge in [0, 0.05) is 0 Å². The molecule has 1 aliphatic heterocycles. The van der Waals surface area contributed by atoms with E-state index in [0.29, 0.717) is 7.18 Å². The van der Waals surface area contributed by atoms with Gasteiger partial charge in [0.1, 0.15) is 0 Å². The zero-order chi connectivity index (χ0) is 8.20. The van der Waals surface area contributed by atoms with Crippen molar-refractivity contribution in [1.29, 1.82) is 0 Å². The first-order valence-corrected chi connectivity index (χ1v) is 3.30. The summed E-state index contributed by atoms with van der Waals surface area (Å²) in [5, 5.41) is 0. The second-order valence-corrected chi connectivity index (χ2v) is 2.64. The minimum atomic E-state index is -0.334. The second kappa shape index (κ2) is 3.88. The minimum absolute atomic E-state index is 0.269. The highest BCUT2D eigenvalue weighted by Gasteiger charge is 2.29. The van der Waals surface area contributed by atoms with Crippen molar-refractivity contribution in [2.75, 3.05) is 13.8 Å². The summed E-state index contributed by atoms with van der Waals surface area (Å²) in [4.78, 5) is 0. The van der Waals surface area contributed by atoms with E-state index in [1.807, 2.05) is 20.8 Å². The third-order valence-electron chi connectivity index (χ3n) is 1.15. The van der Waals surface area contributed by atoms with E-state index in [9.17, 15) is 4.39 Å². The Balaban J connectivity index is 0.000000371. The number of hydrogen-bond acceptors (Lipinski definition) is 2. The van der Waals surface area contributed by atoms with Crippen LogP contribution in [0.3, 0.4) is 0 Å². The second-order valence-electron chi connectivity index (χ2n) is 2.64. The quantitative estimate of drug-likeness (QED) is 0.523. The van der Waals surface area contributed by atoms with Crippen molar-refractivity contribution in [3.8, 4) is 0 Å². The van der Waals surface area contributed by atoms with Crippen LogP contribution in [0.4, 0.5) is 4.39 Å². The van der Waals surface area contributed by atoms with Gasteiger partial charge in [-0.25, -0.2) is 0 Å². The summed E-state index contributed by atoms with van der Waals surface area (Å²) in [6.07, 6.45) is 0.269. The molecule has 0 aliphatic carbocycles. The molecule has 1 atom stereocenters. The molecule has 0 aromatic carbocycles. The summed E-state index contributed by atoms with van der Waals surface area (Å²) >= 11 is 0. The van der Waals surface area contributed by atoms with Crippen molar-refractivity contribution in [1.82, 2.24) is 0 Å². The van der Waals surface area contributed by atoms with Crippen LogP contribution in [-0.4, -0.2) is 25.7 Å². The molecule has 2 nitrogen and oxygen atoms in total. The lowest BCUT2D eigenvalue weighted by atomic mass is 10.4. The van der Waals surface area contributed by atoms with Gasteiger partial charge in [0.2, 0.25) is 0 Å². The van der Waals surface area contributed by atoms with E-state index < -0.39 is 0 Å². The molecule has 3 heteroatoms. The maximum atomic E-state index is 9.50. The molecule has 1 heterocycles. The first kappa shape index (κ1) is 9.85. The molecular formula is C7H15FO2. The molecule has 1 fully saturated rings. The van der Waals surface area contributed by atoms with Crippen LogP contribution >= 0.6 is 0 Å². The molecule has 1 rings (SSSR count). The summed E-state index contributed by atoms with van der Waals surface area (Å²) < 4.78 is 20.1. The molecule has 0 radical (unpaired) electrons. The molecule has 62 valence electrons. The zero-order valence-electron chi connectivity index (χ0n) is 6.98. The van der Waals surface area contributed by atoms with Gasteiger partial charge in [0.25, 0.3) is 0 Å². The third kappa shape index (κ3) is 3.13. The fourth-order valence-electron chi connectivity index (χ4n) is 0.871. The molecular weight excluding hydrogens is 135 g/mol. The Morgan fingerprint density at radius 3 is 2.00 bits per heavy atom. The standard InChI is InChI=1S/C6H12O2.CH3F/c1-5-4-7-6(2,3)8-5;1-2/h5H,4H2,1-3H3;1H3. The van der Waals surface area contributed by atoms with Crippen molar-refractivity contribution >= 4 is 0 Å². The highest BCUT2D eigenvalue weighted by Crippen LogP contribution is 2.21. The van der Waals surface area contributed by atoms with E-state index in [1.165, 1.54) is 0 Å². The maximum Gasteiger partial charge on any atom is 0.163 e. The predicted molar refractivity (Wildman–Crippen MR) is 37.6 cm³/mol. The van der Waals surface area contributed by atoms with Gasteiger partial charge >= 0.3 is 0 Å². The molecule has 0 spiro atoms. The molecule has 10 heavy (non-hydrogen) atoms. The van der Waals surface area contributed by atoms with Crippen LogP contribution in [0.1, 0.15) is 20.8 Å². The van der Waals surface area contributed by atoms with Crippen LogP contribution in [0.15, 0.2) is 0 Å². The summed E-state index contributed by atoms with van der Waals surface area (Å²) in [6.45, 7) is 6.59. The lowest BCUT2D eigenvalue weighted by Crippen LogP contribution is -2.20. The van der Waals surface area contributed by atoms with E-state index in [-0.39, 0.29) is 11.9 Å². The molecule has 0 amide bonds. The highest BCUT2D eigenvalue weighted by atomic mass is 19.1. The van der Waals surface area contributed by atoms with Gasteiger partial charge < -0.3 is 9.47 Å². The van der Waals surface area contributed by atoms with Crippen molar-refractivity contribution in [3.63, 3.8) is 0 Å². The van der Waals surface area contributed by atoms with Crippen LogP contribution < -0.4 is 0 Å². The number of alkyl halides is 1. The van der Waals surface area contributed by atoms with Crippen molar-refractivity contribution < 1.29 is 13.9 Å². The average molecular weight is 150 g/mol. The van der Waals surface area contributed by atoms with E-state index in [1.54, 1.807) is 0 Å². The lowest BCUT2D eigenvalue weighted by Gasteiger charge is -2.15. The highest BCUT2D eigenvalue weighted by molar-refractivity contribution is 4.65. The number of rotatable bonds is 0. The zero-order valence-corrected chi connectivity index (χ0v) is 6.98. The number of hydrogen-bond donors (Lipinski definition) is 0. The van der Waals surface area contributed by atoms with Crippen LogP contribution in [-0.2, 0) is 9.47 Å². The van der Waals surface area contributed by atoms with Gasteiger partial charge in [-0.15, -0.1) is 0 Å². The Morgan fingerprint density at radius 1 is 1.40 bits per heavy atom. The van der Waals surface area contributed by atoms with Crippen LogP contribution in [0, 0.1) is 0 Å². The van der Waals surface area contributed by atoms with Crippen LogP contribution in [0.2, 0.25) is 0 Å². The lowest BCUT2D eigenvalue weighted by molar-refractivity contribution is -0.136. The number of halogens is 1. The fraction of sp³-hybridized carbons (Fsp3) is 1.00. The normalized spacial score (nSPS) is 29.1. The smallest absolute Gasteiger partial charge is 0.163 e. The van der Waals surface area contributed by atoms with Crippen molar-refractivity contribution in [2.45, 2.75) is 32.7 Å². The predicted octanol–water partition coefficient (Wildman–Crippen LogP) is 1.74. The van der Waals surface area contributed by atoms with Gasteiger partial charge in [-0.05, 0) is 20.8 Å². The van der Waals surface area contributed by atoms with E-state index in [0.717, 1.165) is 6.61 Å². The van der Waals surface area contributed by atoms with E-state index >= 15 is 0 Å². The Kier molecular flexibility index (Phi) is 3.83. The minimum Gasteiger partial charge on any atom is -0.348 e. The molecule has 1 saturated heterocycles. The van der Waals surface area contributed by atoms with Gasteiger partial charge in [0.15, 0.2) is 5.79 Å². The SMILES string of the molecule is CC1COC(C)(C)O1.CF. The number of ether oxygens (including phenoxy) is 2. The Morgan fingerprint density at radius 2 is 1.90 bits per heavy atom. The first-order chi connectivity index (χ1) is 4.60. The first-order valence-electron chi connectivity index (χ1n) is 3.30. The van der Waals surface area contributed by atoms with Crippen molar-refractivity contribution in [3.05, 3.63) is 0 Å². The van der Waals surface area contributed by atoms with E-state index in [4.69, 9.17) is 9.47 Å². The summed E-state index contributed by atoms with van der Waals surface area (Å²) in [5.74, 6) is -0.334. The fourth-order valence-corrected chi connectivity index (χ4v) is 0.871. The Bertz CT molecular complexity index is 93.6. The summed E-state index contributed by atoms with van der Waals surface area (Å²) in [6, 6.07) is 0. The van der Waals surface area contributed by atoms with Gasteiger partial charge in [-0.3, -0.25) is 4.39 Å². The summed E-state index contributed by atoms with van der Waals surface area (Å²) in [7, 11) is 0.500. The van der Waals surface area contributed by atoms with Gasteiger partial charge in [-0.1, -0.05) is 0 Å². The monoisotopic (exact) mass is 150 g/mol. The molecule has 0 N–H and O–H groups in total. The maximum absolute atomic E-state index is 9.50. The molecule has 0 saturated carbocycles. The van der Waals surface area contributed by atoms with Crippen LogP contribution in [0.25, 0.3) is 0 Å². The molecule has 0 bridgehead atoms. The topological polar surface area (TPSA) is 18.5 Å². The van der Waals surface area contributed by atoms with Crippen LogP contribution in [0.5, 0.6) is 0 Å². The molecule has 1 aliphatic rings. The third-order valence-corrected chi connectivity index (χ3v) is 1.15. The largest absolute Gasteiger partial charge is 0.348 e. The molecule has 1 unspecified atom stereocenters. The Labute approximate surface area is 61.3 Å².